The lowest BCUT2D eigenvalue weighted by atomic mass is 10.2. The maximum Gasteiger partial charge on any atom is 0.288 e. The van der Waals surface area contributed by atoms with Crippen molar-refractivity contribution >= 4 is 41.0 Å². The molecular weight excluding hydrogens is 345 g/mol. The maximum atomic E-state index is 11.9. The molecule has 23 heavy (non-hydrogen) atoms. The van der Waals surface area contributed by atoms with Crippen molar-refractivity contribution in [3.8, 4) is 5.75 Å². The van der Waals surface area contributed by atoms with Crippen molar-refractivity contribution in [1.29, 1.82) is 0 Å². The van der Waals surface area contributed by atoms with E-state index in [1.54, 1.807) is 0 Å². The molecule has 9 heteroatoms. The van der Waals surface area contributed by atoms with Crippen molar-refractivity contribution in [3.63, 3.8) is 0 Å². The smallest absolute Gasteiger partial charge is 0.288 e. The molecule has 0 atom stereocenters. The van der Waals surface area contributed by atoms with Crippen LogP contribution in [0.3, 0.4) is 0 Å². The number of benzene rings is 2. The molecule has 0 heterocycles. The van der Waals surface area contributed by atoms with E-state index in [1.165, 1.54) is 42.6 Å². The monoisotopic (exact) mass is 353 g/mol. The van der Waals surface area contributed by atoms with Crippen LogP contribution in [0.4, 0.5) is 5.69 Å². The number of hydrogen-bond acceptors (Lipinski definition) is 5. The number of nitro benzene ring substituents is 1. The number of halogens is 2. The van der Waals surface area contributed by atoms with Gasteiger partial charge in [0.05, 0.1) is 16.7 Å². The molecule has 0 unspecified atom stereocenters. The molecule has 0 bridgehead atoms. The second kappa shape index (κ2) is 7.08. The molecule has 2 N–H and O–H groups in total. The molecule has 0 aliphatic rings. The highest BCUT2D eigenvalue weighted by Gasteiger charge is 2.13. The van der Waals surface area contributed by atoms with E-state index in [2.05, 4.69) is 10.5 Å². The van der Waals surface area contributed by atoms with Gasteiger partial charge in [0, 0.05) is 16.7 Å². The predicted molar refractivity (Wildman–Crippen MR) is 86.3 cm³/mol. The Balaban J connectivity index is 2.13. The number of rotatable bonds is 4. The number of hydrogen-bond donors (Lipinski definition) is 2. The number of hydrazone groups is 1. The van der Waals surface area contributed by atoms with Crippen molar-refractivity contribution in [2.45, 2.75) is 0 Å². The highest BCUT2D eigenvalue weighted by Crippen LogP contribution is 2.24. The summed E-state index contributed by atoms with van der Waals surface area (Å²) in [5.74, 6) is -0.922. The molecule has 1 amide bonds. The summed E-state index contributed by atoms with van der Waals surface area (Å²) < 4.78 is 0. The minimum Gasteiger partial charge on any atom is -0.507 e. The summed E-state index contributed by atoms with van der Waals surface area (Å²) in [6.07, 6.45) is 1.21. The minimum atomic E-state index is -0.676. The van der Waals surface area contributed by atoms with E-state index in [0.717, 1.165) is 0 Å². The van der Waals surface area contributed by atoms with Crippen molar-refractivity contribution in [2.75, 3.05) is 0 Å². The fraction of sp³-hybridized carbons (Fsp3) is 0. The van der Waals surface area contributed by atoms with Crippen LogP contribution in [0.15, 0.2) is 41.5 Å². The Hall–Kier alpha value is -2.64. The lowest BCUT2D eigenvalue weighted by Crippen LogP contribution is -2.17. The molecule has 2 rings (SSSR count). The van der Waals surface area contributed by atoms with Gasteiger partial charge in [-0.3, -0.25) is 14.9 Å². The predicted octanol–water partition coefficient (Wildman–Crippen LogP) is 3.37. The maximum absolute atomic E-state index is 11.9. The number of nitro groups is 1. The standard InChI is InChI=1S/C14H9Cl2N3O4/c15-9-2-4-13(20)10(6-9)14(21)18-17-7-8-1-3-11(16)12(5-8)19(22)23/h1-7,20H,(H,18,21)/b17-7+. The molecule has 0 spiro atoms. The summed E-state index contributed by atoms with van der Waals surface area (Å²) in [5, 5.41) is 24.3. The Labute approximate surface area is 140 Å². The molecule has 0 fully saturated rings. The third-order valence-corrected chi connectivity index (χ3v) is 3.30. The summed E-state index contributed by atoms with van der Waals surface area (Å²) in [4.78, 5) is 22.0. The average molecular weight is 354 g/mol. The van der Waals surface area contributed by atoms with Gasteiger partial charge >= 0.3 is 0 Å². The Morgan fingerprint density at radius 2 is 2.00 bits per heavy atom. The van der Waals surface area contributed by atoms with Crippen LogP contribution in [-0.4, -0.2) is 22.2 Å². The third kappa shape index (κ3) is 4.18. The summed E-state index contributed by atoms with van der Waals surface area (Å²) in [6.45, 7) is 0. The fourth-order valence-electron chi connectivity index (χ4n) is 1.67. The van der Waals surface area contributed by atoms with Crippen molar-refractivity contribution in [1.82, 2.24) is 5.43 Å². The molecule has 2 aromatic rings. The van der Waals surface area contributed by atoms with Crippen LogP contribution in [0.1, 0.15) is 15.9 Å². The van der Waals surface area contributed by atoms with E-state index in [0.29, 0.717) is 5.56 Å². The van der Waals surface area contributed by atoms with Gasteiger partial charge in [-0.25, -0.2) is 5.43 Å². The number of nitrogens with one attached hydrogen (secondary N) is 1. The van der Waals surface area contributed by atoms with E-state index in [-0.39, 0.29) is 27.0 Å². The quantitative estimate of drug-likeness (QED) is 0.499. The summed E-state index contributed by atoms with van der Waals surface area (Å²) >= 11 is 11.4. The second-order valence-corrected chi connectivity index (χ2v) is 5.17. The molecule has 7 nitrogen and oxygen atoms in total. The Bertz CT molecular complexity index is 809. The highest BCUT2D eigenvalue weighted by molar-refractivity contribution is 6.32. The van der Waals surface area contributed by atoms with Gasteiger partial charge in [0.2, 0.25) is 0 Å². The van der Waals surface area contributed by atoms with Crippen LogP contribution in [0, 0.1) is 10.1 Å². The van der Waals surface area contributed by atoms with Gasteiger partial charge in [0.25, 0.3) is 11.6 Å². The van der Waals surface area contributed by atoms with E-state index in [9.17, 15) is 20.0 Å². The van der Waals surface area contributed by atoms with E-state index in [1.807, 2.05) is 0 Å². The van der Waals surface area contributed by atoms with Gasteiger partial charge in [-0.05, 0) is 24.3 Å². The Kier molecular flexibility index (Phi) is 5.15. The molecule has 118 valence electrons. The molecular formula is C14H9Cl2N3O4. The van der Waals surface area contributed by atoms with Crippen molar-refractivity contribution in [3.05, 3.63) is 67.7 Å². The molecule has 0 aromatic heterocycles. The van der Waals surface area contributed by atoms with Gasteiger partial charge in [0.1, 0.15) is 10.8 Å². The zero-order valence-electron chi connectivity index (χ0n) is 11.4. The molecule has 0 saturated carbocycles. The first-order chi connectivity index (χ1) is 10.9. The molecule has 0 radical (unpaired) electrons. The SMILES string of the molecule is O=C(N/N=C/c1ccc(Cl)c([N+](=O)[O-])c1)c1cc(Cl)ccc1O. The van der Waals surface area contributed by atoms with Crippen LogP contribution in [-0.2, 0) is 0 Å². The second-order valence-electron chi connectivity index (χ2n) is 4.33. The van der Waals surface area contributed by atoms with E-state index >= 15 is 0 Å². The first-order valence-corrected chi connectivity index (χ1v) is 6.90. The largest absolute Gasteiger partial charge is 0.507 e. The number of phenols is 1. The molecule has 0 saturated heterocycles. The topological polar surface area (TPSA) is 105 Å². The molecule has 0 aliphatic heterocycles. The van der Waals surface area contributed by atoms with Gasteiger partial charge < -0.3 is 5.11 Å². The van der Waals surface area contributed by atoms with E-state index in [4.69, 9.17) is 23.2 Å². The van der Waals surface area contributed by atoms with Crippen LogP contribution >= 0.6 is 23.2 Å². The summed E-state index contributed by atoms with van der Waals surface area (Å²) in [7, 11) is 0. The highest BCUT2D eigenvalue weighted by atomic mass is 35.5. The van der Waals surface area contributed by atoms with Gasteiger partial charge in [-0.15, -0.1) is 0 Å². The Morgan fingerprint density at radius 3 is 2.70 bits per heavy atom. The average Bonchev–Trinajstić information content (AvgIpc) is 2.51. The van der Waals surface area contributed by atoms with Crippen molar-refractivity contribution < 1.29 is 14.8 Å². The molecule has 2 aromatic carbocycles. The van der Waals surface area contributed by atoms with Gasteiger partial charge in [-0.1, -0.05) is 29.3 Å². The lowest BCUT2D eigenvalue weighted by molar-refractivity contribution is -0.384. The Morgan fingerprint density at radius 1 is 1.26 bits per heavy atom. The summed E-state index contributed by atoms with van der Waals surface area (Å²) in [5.41, 5.74) is 2.25. The number of carbonyl (C=O) groups excluding carboxylic acids is 1. The van der Waals surface area contributed by atoms with Crippen LogP contribution in [0.5, 0.6) is 5.75 Å². The first kappa shape index (κ1) is 16.7. The van der Waals surface area contributed by atoms with Gasteiger partial charge in [-0.2, -0.15) is 5.10 Å². The summed E-state index contributed by atoms with van der Waals surface area (Å²) in [6, 6.07) is 8.07. The number of carbonyl (C=O) groups is 1. The zero-order chi connectivity index (χ0) is 17.0. The van der Waals surface area contributed by atoms with E-state index < -0.39 is 10.8 Å². The van der Waals surface area contributed by atoms with Crippen molar-refractivity contribution in [2.24, 2.45) is 5.10 Å². The third-order valence-electron chi connectivity index (χ3n) is 2.75. The lowest BCUT2D eigenvalue weighted by Gasteiger charge is -2.03. The van der Waals surface area contributed by atoms with Crippen LogP contribution < -0.4 is 5.43 Å². The zero-order valence-corrected chi connectivity index (χ0v) is 12.9. The van der Waals surface area contributed by atoms with Gasteiger partial charge in [0.15, 0.2) is 0 Å². The van der Waals surface area contributed by atoms with Crippen LogP contribution in [0.2, 0.25) is 10.0 Å². The fourth-order valence-corrected chi connectivity index (χ4v) is 2.02. The minimum absolute atomic E-state index is 0.0000327. The number of phenolic OH excluding ortho intramolecular Hbond substituents is 1. The number of nitrogens with zero attached hydrogens (tertiary/aromatic N) is 2. The molecule has 0 aliphatic carbocycles. The van der Waals surface area contributed by atoms with Crippen LogP contribution in [0.25, 0.3) is 0 Å². The number of aromatic hydroxyl groups is 1. The number of amides is 1. The first-order valence-electron chi connectivity index (χ1n) is 6.14. The normalized spacial score (nSPS) is 10.7.